The highest BCUT2D eigenvalue weighted by Crippen LogP contribution is 2.22. The Hall–Kier alpha value is -2.06. The molecule has 0 radical (unpaired) electrons. The number of rotatable bonds is 6. The Labute approximate surface area is 119 Å². The molecule has 0 unspecified atom stereocenters. The Morgan fingerprint density at radius 2 is 2.20 bits per heavy atom. The first-order valence-corrected chi connectivity index (χ1v) is 6.74. The molecule has 106 valence electrons. The van der Waals surface area contributed by atoms with Crippen LogP contribution in [-0.2, 0) is 17.1 Å². The van der Waals surface area contributed by atoms with E-state index >= 15 is 0 Å². The van der Waals surface area contributed by atoms with Crippen molar-refractivity contribution in [1.82, 2.24) is 14.9 Å². The number of aromatic nitrogens is 3. The second-order valence-corrected chi connectivity index (χ2v) is 4.90. The average molecular weight is 294 g/mol. The van der Waals surface area contributed by atoms with Gasteiger partial charge in [0.25, 0.3) is 0 Å². The topological polar surface area (TPSA) is 103 Å². The van der Waals surface area contributed by atoms with Gasteiger partial charge in [0.1, 0.15) is 6.61 Å². The largest absolute Gasteiger partial charge is 0.478 e. The van der Waals surface area contributed by atoms with Crippen molar-refractivity contribution in [2.45, 2.75) is 17.5 Å². The minimum absolute atomic E-state index is 0.274. The van der Waals surface area contributed by atoms with E-state index in [1.54, 1.807) is 31.4 Å². The molecule has 0 saturated carbocycles. The maximum Gasteiger partial charge on any atom is 0.335 e. The molecule has 0 atom stereocenters. The second kappa shape index (κ2) is 6.40. The maximum absolute atomic E-state index is 11.1. The minimum Gasteiger partial charge on any atom is -0.478 e. The van der Waals surface area contributed by atoms with Crippen LogP contribution >= 0.6 is 11.8 Å². The lowest BCUT2D eigenvalue weighted by molar-refractivity contribution is 0.0696. The molecule has 0 aliphatic rings. The van der Waals surface area contributed by atoms with E-state index < -0.39 is 5.97 Å². The highest BCUT2D eigenvalue weighted by molar-refractivity contribution is 7.98. The fraction of sp³-hybridized carbons (Fsp3) is 0.250. The Morgan fingerprint density at radius 1 is 1.45 bits per heavy atom. The zero-order valence-corrected chi connectivity index (χ0v) is 11.6. The molecule has 0 aliphatic heterocycles. The van der Waals surface area contributed by atoms with Gasteiger partial charge < -0.3 is 15.7 Å². The summed E-state index contributed by atoms with van der Waals surface area (Å²) in [5, 5.41) is 17.5. The van der Waals surface area contributed by atoms with Crippen molar-refractivity contribution < 1.29 is 14.6 Å². The van der Waals surface area contributed by atoms with Crippen LogP contribution in [0.5, 0.6) is 0 Å². The number of benzene rings is 1. The number of carbonyl (C=O) groups is 1. The molecule has 2 aromatic rings. The van der Waals surface area contributed by atoms with Crippen LogP contribution in [0.2, 0.25) is 0 Å². The number of hydrogen-bond acceptors (Lipinski definition) is 6. The monoisotopic (exact) mass is 294 g/mol. The summed E-state index contributed by atoms with van der Waals surface area (Å²) in [6, 6.07) is 6.83. The van der Waals surface area contributed by atoms with Crippen LogP contribution in [0, 0.1) is 0 Å². The zero-order valence-electron chi connectivity index (χ0n) is 10.8. The molecule has 0 bridgehead atoms. The third kappa shape index (κ3) is 3.09. The van der Waals surface area contributed by atoms with Crippen molar-refractivity contribution in [3.05, 3.63) is 41.2 Å². The van der Waals surface area contributed by atoms with E-state index in [2.05, 4.69) is 10.2 Å². The Balaban J connectivity index is 2.11. The number of carboxylic acids is 1. The molecule has 1 aromatic carbocycles. The summed E-state index contributed by atoms with van der Waals surface area (Å²) < 4.78 is 6.29. The molecule has 0 amide bonds. The van der Waals surface area contributed by atoms with Gasteiger partial charge in [0.2, 0.25) is 5.16 Å². The number of nitrogen functional groups attached to an aromatic ring is 1. The van der Waals surface area contributed by atoms with Gasteiger partial charge in [0.15, 0.2) is 5.82 Å². The molecule has 3 N–H and O–H groups in total. The standard InChI is InChI=1S/C12H14N4O3S/c1-19-6-10-14-15-12(16(10)13)20-7-8-4-2-3-5-9(8)11(17)18/h2-5H,6-7,13H2,1H3,(H,17,18). The van der Waals surface area contributed by atoms with Gasteiger partial charge in [-0.15, -0.1) is 10.2 Å². The number of aromatic carboxylic acids is 1. The van der Waals surface area contributed by atoms with Crippen LogP contribution in [0.1, 0.15) is 21.7 Å². The fourth-order valence-electron chi connectivity index (χ4n) is 1.63. The Morgan fingerprint density at radius 3 is 2.90 bits per heavy atom. The Bertz CT molecular complexity index is 614. The third-order valence-corrected chi connectivity index (χ3v) is 3.61. The smallest absolute Gasteiger partial charge is 0.335 e. The lowest BCUT2D eigenvalue weighted by atomic mass is 10.1. The summed E-state index contributed by atoms with van der Waals surface area (Å²) >= 11 is 1.32. The minimum atomic E-state index is -0.949. The highest BCUT2D eigenvalue weighted by Gasteiger charge is 2.13. The van der Waals surface area contributed by atoms with Crippen molar-refractivity contribution >= 4 is 17.7 Å². The molecule has 2 rings (SSSR count). The van der Waals surface area contributed by atoms with Gasteiger partial charge in [-0.3, -0.25) is 0 Å². The lowest BCUT2D eigenvalue weighted by Crippen LogP contribution is -2.14. The van der Waals surface area contributed by atoms with Crippen molar-refractivity contribution in [3.8, 4) is 0 Å². The molecule has 8 heteroatoms. The van der Waals surface area contributed by atoms with E-state index in [0.29, 0.717) is 22.3 Å². The Kier molecular flexibility index (Phi) is 4.59. The normalized spacial score (nSPS) is 10.7. The average Bonchev–Trinajstić information content (AvgIpc) is 2.78. The maximum atomic E-state index is 11.1. The molecular formula is C12H14N4O3S. The number of nitrogens with zero attached hydrogens (tertiary/aromatic N) is 3. The summed E-state index contributed by atoms with van der Waals surface area (Å²) in [6.45, 7) is 0.274. The van der Waals surface area contributed by atoms with Crippen LogP contribution in [0.15, 0.2) is 29.4 Å². The molecule has 0 saturated heterocycles. The van der Waals surface area contributed by atoms with Gasteiger partial charge in [-0.25, -0.2) is 9.47 Å². The lowest BCUT2D eigenvalue weighted by Gasteiger charge is -2.05. The summed E-state index contributed by atoms with van der Waals surface area (Å²) in [6.07, 6.45) is 0. The molecule has 0 spiro atoms. The molecule has 7 nitrogen and oxygen atoms in total. The van der Waals surface area contributed by atoms with Gasteiger partial charge in [0.05, 0.1) is 5.56 Å². The SMILES string of the molecule is COCc1nnc(SCc2ccccc2C(=O)O)n1N. The first kappa shape index (κ1) is 14.4. The number of thioether (sulfide) groups is 1. The van der Waals surface area contributed by atoms with Crippen molar-refractivity contribution in [1.29, 1.82) is 0 Å². The first-order valence-electron chi connectivity index (χ1n) is 5.75. The van der Waals surface area contributed by atoms with Gasteiger partial charge in [-0.1, -0.05) is 30.0 Å². The van der Waals surface area contributed by atoms with E-state index in [1.807, 2.05) is 0 Å². The summed E-state index contributed by atoms with van der Waals surface area (Å²) in [4.78, 5) is 11.1. The van der Waals surface area contributed by atoms with Gasteiger partial charge >= 0.3 is 5.97 Å². The van der Waals surface area contributed by atoms with Crippen molar-refractivity contribution in [2.24, 2.45) is 0 Å². The summed E-state index contributed by atoms with van der Waals surface area (Å²) in [5.74, 6) is 5.84. The van der Waals surface area contributed by atoms with Crippen molar-refractivity contribution in [3.63, 3.8) is 0 Å². The third-order valence-electron chi connectivity index (χ3n) is 2.61. The van der Waals surface area contributed by atoms with Crippen LogP contribution < -0.4 is 5.84 Å². The highest BCUT2D eigenvalue weighted by atomic mass is 32.2. The van der Waals surface area contributed by atoms with Crippen LogP contribution in [-0.4, -0.2) is 33.1 Å². The zero-order chi connectivity index (χ0) is 14.5. The molecular weight excluding hydrogens is 280 g/mol. The number of hydrogen-bond donors (Lipinski definition) is 2. The molecule has 20 heavy (non-hydrogen) atoms. The predicted octanol–water partition coefficient (Wildman–Crippen LogP) is 1.13. The fourth-order valence-corrected chi connectivity index (χ4v) is 2.51. The van der Waals surface area contributed by atoms with E-state index in [9.17, 15) is 4.79 Å². The van der Waals surface area contributed by atoms with Crippen LogP contribution in [0.25, 0.3) is 0 Å². The molecule has 0 fully saturated rings. The quantitative estimate of drug-likeness (QED) is 0.608. The van der Waals surface area contributed by atoms with Crippen LogP contribution in [0.4, 0.5) is 0 Å². The van der Waals surface area contributed by atoms with Gasteiger partial charge in [0, 0.05) is 12.9 Å². The van der Waals surface area contributed by atoms with Gasteiger partial charge in [-0.05, 0) is 11.6 Å². The predicted molar refractivity (Wildman–Crippen MR) is 73.8 cm³/mol. The second-order valence-electron chi connectivity index (χ2n) is 3.95. The van der Waals surface area contributed by atoms with E-state index in [0.717, 1.165) is 0 Å². The summed E-state index contributed by atoms with van der Waals surface area (Å²) in [7, 11) is 1.55. The number of nitrogens with two attached hydrogens (primary N) is 1. The van der Waals surface area contributed by atoms with E-state index in [-0.39, 0.29) is 12.2 Å². The molecule has 1 heterocycles. The first-order chi connectivity index (χ1) is 9.63. The van der Waals surface area contributed by atoms with Crippen LogP contribution in [0.3, 0.4) is 0 Å². The summed E-state index contributed by atoms with van der Waals surface area (Å²) in [5.41, 5.74) is 0.987. The van der Waals surface area contributed by atoms with Crippen molar-refractivity contribution in [2.75, 3.05) is 13.0 Å². The number of methoxy groups -OCH3 is 1. The van der Waals surface area contributed by atoms with Gasteiger partial charge in [-0.2, -0.15) is 0 Å². The number of ether oxygens (including phenoxy) is 1. The molecule has 0 aliphatic carbocycles. The van der Waals surface area contributed by atoms with E-state index in [4.69, 9.17) is 15.7 Å². The van der Waals surface area contributed by atoms with E-state index in [1.165, 1.54) is 16.4 Å². The number of carboxylic acid groups (broad SMARTS) is 1. The molecule has 1 aromatic heterocycles.